The number of benzene rings is 1. The lowest BCUT2D eigenvalue weighted by atomic mass is 10.0. The highest BCUT2D eigenvalue weighted by Crippen LogP contribution is 2.24. The van der Waals surface area contributed by atoms with Gasteiger partial charge in [0.25, 0.3) is 5.91 Å². The zero-order valence-corrected chi connectivity index (χ0v) is 18.3. The zero-order valence-electron chi connectivity index (χ0n) is 18.3. The van der Waals surface area contributed by atoms with E-state index in [1.54, 1.807) is 0 Å². The molecule has 1 aromatic heterocycles. The van der Waals surface area contributed by atoms with Gasteiger partial charge < -0.3 is 19.0 Å². The molecule has 2 fully saturated rings. The van der Waals surface area contributed by atoms with Gasteiger partial charge in [0.05, 0.1) is 0 Å². The van der Waals surface area contributed by atoms with Crippen molar-refractivity contribution in [3.8, 4) is 5.75 Å². The van der Waals surface area contributed by atoms with Gasteiger partial charge >= 0.3 is 0 Å². The van der Waals surface area contributed by atoms with Crippen molar-refractivity contribution in [2.45, 2.75) is 58.0 Å². The number of carbonyl (C=O) groups excluding carboxylic acids is 1. The van der Waals surface area contributed by atoms with Crippen molar-refractivity contribution in [1.29, 1.82) is 0 Å². The molecule has 1 atom stereocenters. The highest BCUT2D eigenvalue weighted by atomic mass is 16.5. The average molecular weight is 411 g/mol. The van der Waals surface area contributed by atoms with E-state index in [4.69, 9.17) is 9.15 Å². The van der Waals surface area contributed by atoms with Crippen LogP contribution in [0.4, 0.5) is 0 Å². The molecule has 2 aliphatic heterocycles. The van der Waals surface area contributed by atoms with Gasteiger partial charge in [-0.1, -0.05) is 6.92 Å². The number of hydrogen-bond donors (Lipinski definition) is 0. The number of aryl methyl sites for hydroxylation is 1. The summed E-state index contributed by atoms with van der Waals surface area (Å²) in [6.45, 7) is 9.25. The summed E-state index contributed by atoms with van der Waals surface area (Å²) in [5.74, 6) is 3.55. The normalized spacial score (nSPS) is 19.2. The molecular formula is C25H34N2O3. The van der Waals surface area contributed by atoms with Crippen molar-refractivity contribution in [2.24, 2.45) is 0 Å². The van der Waals surface area contributed by atoms with E-state index in [-0.39, 0.29) is 12.0 Å². The van der Waals surface area contributed by atoms with Crippen molar-refractivity contribution in [2.75, 3.05) is 32.7 Å². The Labute approximate surface area is 180 Å². The Balaban J connectivity index is 1.19. The Hall–Kier alpha value is -2.27. The molecule has 5 heteroatoms. The second-order valence-corrected chi connectivity index (χ2v) is 8.82. The van der Waals surface area contributed by atoms with Gasteiger partial charge in [-0.05, 0) is 82.0 Å². The lowest BCUT2D eigenvalue weighted by Crippen LogP contribution is -2.39. The predicted molar refractivity (Wildman–Crippen MR) is 118 cm³/mol. The first-order valence-electron chi connectivity index (χ1n) is 11.4. The third-order valence-electron chi connectivity index (χ3n) is 6.46. The van der Waals surface area contributed by atoms with Gasteiger partial charge in [0.2, 0.25) is 0 Å². The van der Waals surface area contributed by atoms with Crippen LogP contribution in [0.15, 0.2) is 40.8 Å². The van der Waals surface area contributed by atoms with Gasteiger partial charge in [0, 0.05) is 37.7 Å². The Kier molecular flexibility index (Phi) is 6.78. The molecule has 2 aliphatic rings. The van der Waals surface area contributed by atoms with Crippen LogP contribution in [0.25, 0.3) is 0 Å². The molecule has 0 saturated carbocycles. The maximum atomic E-state index is 12.5. The Bertz CT molecular complexity index is 815. The SMILES string of the molecule is Cc1ccc([C@H](C)CCN2CCC(Oc3ccc(C(=O)N4CCCC4)cc3)CC2)o1. The summed E-state index contributed by atoms with van der Waals surface area (Å²) in [6, 6.07) is 11.9. The smallest absolute Gasteiger partial charge is 0.253 e. The predicted octanol–water partition coefficient (Wildman–Crippen LogP) is 4.86. The minimum atomic E-state index is 0.145. The summed E-state index contributed by atoms with van der Waals surface area (Å²) in [5, 5.41) is 0. The van der Waals surface area contributed by atoms with Crippen LogP contribution < -0.4 is 4.74 Å². The van der Waals surface area contributed by atoms with Crippen LogP contribution in [0.2, 0.25) is 0 Å². The van der Waals surface area contributed by atoms with E-state index in [9.17, 15) is 4.79 Å². The van der Waals surface area contributed by atoms with Crippen LogP contribution >= 0.6 is 0 Å². The van der Waals surface area contributed by atoms with Crippen molar-refractivity contribution in [3.63, 3.8) is 0 Å². The summed E-state index contributed by atoms with van der Waals surface area (Å²) in [4.78, 5) is 16.9. The molecule has 162 valence electrons. The number of rotatable bonds is 7. The van der Waals surface area contributed by atoms with Gasteiger partial charge in [0.15, 0.2) is 0 Å². The van der Waals surface area contributed by atoms with E-state index < -0.39 is 0 Å². The molecule has 1 amide bonds. The molecule has 2 saturated heterocycles. The van der Waals surface area contributed by atoms with E-state index >= 15 is 0 Å². The number of furan rings is 1. The van der Waals surface area contributed by atoms with Crippen molar-refractivity contribution >= 4 is 5.91 Å². The molecule has 0 bridgehead atoms. The molecule has 30 heavy (non-hydrogen) atoms. The van der Waals surface area contributed by atoms with Gasteiger partial charge in [-0.3, -0.25) is 4.79 Å². The van der Waals surface area contributed by atoms with Crippen LogP contribution in [-0.2, 0) is 0 Å². The number of amides is 1. The number of carbonyl (C=O) groups is 1. The van der Waals surface area contributed by atoms with Crippen LogP contribution in [0.1, 0.15) is 66.8 Å². The van der Waals surface area contributed by atoms with Crippen molar-refractivity contribution in [1.82, 2.24) is 9.80 Å². The maximum absolute atomic E-state index is 12.5. The highest BCUT2D eigenvalue weighted by molar-refractivity contribution is 5.94. The maximum Gasteiger partial charge on any atom is 0.253 e. The Morgan fingerprint density at radius 2 is 1.77 bits per heavy atom. The van der Waals surface area contributed by atoms with Crippen molar-refractivity contribution < 1.29 is 13.9 Å². The molecule has 0 N–H and O–H groups in total. The number of piperidine rings is 1. The minimum Gasteiger partial charge on any atom is -0.490 e. The summed E-state index contributed by atoms with van der Waals surface area (Å²) >= 11 is 0. The summed E-state index contributed by atoms with van der Waals surface area (Å²) in [7, 11) is 0. The molecular weight excluding hydrogens is 376 g/mol. The largest absolute Gasteiger partial charge is 0.490 e. The molecule has 4 rings (SSSR count). The molecule has 3 heterocycles. The lowest BCUT2D eigenvalue weighted by molar-refractivity contribution is 0.0792. The van der Waals surface area contributed by atoms with E-state index in [2.05, 4.69) is 17.9 Å². The standard InChI is InChI=1S/C25H34N2O3/c1-19(24-10-5-20(2)29-24)11-16-26-17-12-23(13-18-26)30-22-8-6-21(7-9-22)25(28)27-14-3-4-15-27/h5-10,19,23H,3-4,11-18H2,1-2H3/t19-/m1/s1. The molecule has 2 aromatic rings. The molecule has 0 radical (unpaired) electrons. The van der Waals surface area contributed by atoms with Crippen LogP contribution in [-0.4, -0.2) is 54.5 Å². The second kappa shape index (κ2) is 9.69. The van der Waals surface area contributed by atoms with Crippen LogP contribution in [0.5, 0.6) is 5.75 Å². The topological polar surface area (TPSA) is 45.9 Å². The summed E-state index contributed by atoms with van der Waals surface area (Å²) < 4.78 is 12.0. The molecule has 5 nitrogen and oxygen atoms in total. The summed E-state index contributed by atoms with van der Waals surface area (Å²) in [6.07, 6.45) is 5.70. The lowest BCUT2D eigenvalue weighted by Gasteiger charge is -2.32. The molecule has 0 unspecified atom stereocenters. The third-order valence-corrected chi connectivity index (χ3v) is 6.46. The average Bonchev–Trinajstić information content (AvgIpc) is 3.45. The Morgan fingerprint density at radius 3 is 2.40 bits per heavy atom. The van der Waals surface area contributed by atoms with E-state index in [1.165, 1.54) is 0 Å². The number of nitrogens with zero attached hydrogens (tertiary/aromatic N) is 2. The van der Waals surface area contributed by atoms with Crippen molar-refractivity contribution in [3.05, 3.63) is 53.5 Å². The van der Waals surface area contributed by atoms with E-state index in [0.29, 0.717) is 5.92 Å². The van der Waals surface area contributed by atoms with E-state index in [0.717, 1.165) is 87.7 Å². The van der Waals surface area contributed by atoms with Gasteiger partial charge in [0.1, 0.15) is 23.4 Å². The molecule has 1 aromatic carbocycles. The van der Waals surface area contributed by atoms with Gasteiger partial charge in [-0.25, -0.2) is 0 Å². The quantitative estimate of drug-likeness (QED) is 0.654. The fourth-order valence-electron chi connectivity index (χ4n) is 4.46. The van der Waals surface area contributed by atoms with Crippen LogP contribution in [0, 0.1) is 6.92 Å². The summed E-state index contributed by atoms with van der Waals surface area (Å²) in [5.41, 5.74) is 0.764. The van der Waals surface area contributed by atoms with Crippen LogP contribution in [0.3, 0.4) is 0 Å². The highest BCUT2D eigenvalue weighted by Gasteiger charge is 2.22. The fourth-order valence-corrected chi connectivity index (χ4v) is 4.46. The van der Waals surface area contributed by atoms with Gasteiger partial charge in [-0.2, -0.15) is 0 Å². The van der Waals surface area contributed by atoms with E-state index in [1.807, 2.05) is 42.2 Å². The number of ether oxygens (including phenoxy) is 1. The number of hydrogen-bond acceptors (Lipinski definition) is 4. The fraction of sp³-hybridized carbons (Fsp3) is 0.560. The number of likely N-dealkylation sites (tertiary alicyclic amines) is 2. The molecule has 0 aliphatic carbocycles. The Morgan fingerprint density at radius 1 is 1.07 bits per heavy atom. The second-order valence-electron chi connectivity index (χ2n) is 8.82. The zero-order chi connectivity index (χ0) is 20.9. The van der Waals surface area contributed by atoms with Gasteiger partial charge in [-0.15, -0.1) is 0 Å². The molecule has 0 spiro atoms. The first kappa shape index (κ1) is 21.0. The third kappa shape index (κ3) is 5.25. The minimum absolute atomic E-state index is 0.145. The first-order valence-corrected chi connectivity index (χ1v) is 11.4. The first-order chi connectivity index (χ1) is 14.6. The monoisotopic (exact) mass is 410 g/mol.